The normalized spacial score (nSPS) is 11.0. The standard InChI is InChI=1S/C21H39NO/c1-3-5-6-7-8-9-10-11-12-13-14-15-16-17-18-19-20-22-21(23)4-2/h4,11-12H,2-3,5-10,13-20H2,1H3,(H,22,23). The predicted octanol–water partition coefficient (Wildman–Crippen LogP) is 6.33. The van der Waals surface area contributed by atoms with Gasteiger partial charge >= 0.3 is 0 Å². The van der Waals surface area contributed by atoms with E-state index >= 15 is 0 Å². The number of hydrogen-bond donors (Lipinski definition) is 1. The molecule has 0 aromatic carbocycles. The van der Waals surface area contributed by atoms with Crippen molar-refractivity contribution in [1.82, 2.24) is 5.32 Å². The molecule has 0 saturated carbocycles. The molecule has 1 amide bonds. The first-order chi connectivity index (χ1) is 11.3. The van der Waals surface area contributed by atoms with Crippen molar-refractivity contribution >= 4 is 5.91 Å². The van der Waals surface area contributed by atoms with E-state index < -0.39 is 0 Å². The van der Waals surface area contributed by atoms with E-state index in [1.54, 1.807) is 0 Å². The zero-order valence-electron chi connectivity index (χ0n) is 15.5. The van der Waals surface area contributed by atoms with Crippen LogP contribution in [0.5, 0.6) is 0 Å². The van der Waals surface area contributed by atoms with Gasteiger partial charge in [-0.25, -0.2) is 0 Å². The van der Waals surface area contributed by atoms with E-state index in [2.05, 4.69) is 31.0 Å². The van der Waals surface area contributed by atoms with Gasteiger partial charge in [-0.15, -0.1) is 0 Å². The lowest BCUT2D eigenvalue weighted by atomic mass is 10.1. The Morgan fingerprint density at radius 1 is 0.783 bits per heavy atom. The quantitative estimate of drug-likeness (QED) is 0.189. The fraction of sp³-hybridized carbons (Fsp3) is 0.762. The van der Waals surface area contributed by atoms with Gasteiger partial charge < -0.3 is 5.32 Å². The van der Waals surface area contributed by atoms with Crippen molar-refractivity contribution in [2.75, 3.05) is 6.54 Å². The third-order valence-corrected chi connectivity index (χ3v) is 4.17. The van der Waals surface area contributed by atoms with E-state index in [-0.39, 0.29) is 5.91 Å². The van der Waals surface area contributed by atoms with Crippen LogP contribution < -0.4 is 5.32 Å². The van der Waals surface area contributed by atoms with Gasteiger partial charge in [0.25, 0.3) is 0 Å². The number of amides is 1. The molecule has 0 aromatic rings. The Morgan fingerprint density at radius 3 is 1.78 bits per heavy atom. The van der Waals surface area contributed by atoms with Gasteiger partial charge in [-0.1, -0.05) is 83.4 Å². The summed E-state index contributed by atoms with van der Waals surface area (Å²) < 4.78 is 0. The molecule has 23 heavy (non-hydrogen) atoms. The minimum Gasteiger partial charge on any atom is -0.353 e. The van der Waals surface area contributed by atoms with Gasteiger partial charge in [0.05, 0.1) is 0 Å². The Morgan fingerprint density at radius 2 is 1.26 bits per heavy atom. The Hall–Kier alpha value is -1.05. The fourth-order valence-corrected chi connectivity index (χ4v) is 2.66. The highest BCUT2D eigenvalue weighted by atomic mass is 16.1. The SMILES string of the molecule is C=CC(=O)NCCCCCCCCC=CCCCCCCCC. The number of unbranched alkanes of at least 4 members (excludes halogenated alkanes) is 12. The van der Waals surface area contributed by atoms with E-state index in [1.165, 1.54) is 89.5 Å². The molecule has 134 valence electrons. The zero-order chi connectivity index (χ0) is 17.0. The van der Waals surface area contributed by atoms with E-state index in [0.717, 1.165) is 13.0 Å². The van der Waals surface area contributed by atoms with Gasteiger partial charge in [0.15, 0.2) is 0 Å². The molecule has 1 N–H and O–H groups in total. The second kappa shape index (κ2) is 19.0. The molecule has 0 radical (unpaired) electrons. The predicted molar refractivity (Wildman–Crippen MR) is 103 cm³/mol. The van der Waals surface area contributed by atoms with Gasteiger partial charge in [0, 0.05) is 6.54 Å². The second-order valence-electron chi connectivity index (χ2n) is 6.43. The average Bonchev–Trinajstić information content (AvgIpc) is 2.57. The van der Waals surface area contributed by atoms with Crippen LogP contribution in [-0.2, 0) is 4.79 Å². The molecule has 0 saturated heterocycles. The Bertz CT molecular complexity index is 296. The average molecular weight is 322 g/mol. The van der Waals surface area contributed by atoms with E-state index in [9.17, 15) is 4.79 Å². The molecule has 0 aliphatic carbocycles. The minimum absolute atomic E-state index is 0.0576. The molecule has 0 atom stereocenters. The molecule has 0 rings (SSSR count). The van der Waals surface area contributed by atoms with Crippen LogP contribution in [0.2, 0.25) is 0 Å². The highest BCUT2D eigenvalue weighted by Crippen LogP contribution is 2.09. The number of allylic oxidation sites excluding steroid dienone is 2. The summed E-state index contributed by atoms with van der Waals surface area (Å²) in [4.78, 5) is 10.9. The summed E-state index contributed by atoms with van der Waals surface area (Å²) >= 11 is 0. The summed E-state index contributed by atoms with van der Waals surface area (Å²) in [5.41, 5.74) is 0. The molecule has 0 unspecified atom stereocenters. The molecule has 0 spiro atoms. The molecule has 0 aromatic heterocycles. The first-order valence-corrected chi connectivity index (χ1v) is 9.86. The van der Waals surface area contributed by atoms with Crippen LogP contribution in [0.3, 0.4) is 0 Å². The Balaban J connectivity index is 3.10. The third-order valence-electron chi connectivity index (χ3n) is 4.17. The van der Waals surface area contributed by atoms with Gasteiger partial charge in [0.1, 0.15) is 0 Å². The summed E-state index contributed by atoms with van der Waals surface area (Å²) in [6, 6.07) is 0. The highest BCUT2D eigenvalue weighted by Gasteiger charge is 1.94. The van der Waals surface area contributed by atoms with E-state index in [4.69, 9.17) is 0 Å². The van der Waals surface area contributed by atoms with E-state index in [1.807, 2.05) is 0 Å². The molecule has 2 nitrogen and oxygen atoms in total. The third kappa shape index (κ3) is 18.9. The number of carbonyl (C=O) groups is 1. The lowest BCUT2D eigenvalue weighted by Crippen LogP contribution is -2.21. The van der Waals surface area contributed by atoms with Gasteiger partial charge in [-0.05, 0) is 38.2 Å². The summed E-state index contributed by atoms with van der Waals surface area (Å²) in [5.74, 6) is -0.0576. The molecule has 0 aliphatic rings. The maximum atomic E-state index is 10.9. The highest BCUT2D eigenvalue weighted by molar-refractivity contribution is 5.86. The van der Waals surface area contributed by atoms with Crippen LogP contribution in [0.15, 0.2) is 24.8 Å². The summed E-state index contributed by atoms with van der Waals surface area (Å²) in [6.07, 6.45) is 24.5. The lowest BCUT2D eigenvalue weighted by Gasteiger charge is -2.02. The molecule has 0 heterocycles. The van der Waals surface area contributed by atoms with Gasteiger partial charge in [0.2, 0.25) is 5.91 Å². The summed E-state index contributed by atoms with van der Waals surface area (Å²) in [7, 11) is 0. The van der Waals surface area contributed by atoms with Crippen LogP contribution in [0.25, 0.3) is 0 Å². The monoisotopic (exact) mass is 321 g/mol. The molecule has 0 fully saturated rings. The van der Waals surface area contributed by atoms with Crippen LogP contribution in [0, 0.1) is 0 Å². The summed E-state index contributed by atoms with van der Waals surface area (Å²) in [5, 5.41) is 2.82. The fourth-order valence-electron chi connectivity index (χ4n) is 2.66. The molecular weight excluding hydrogens is 282 g/mol. The lowest BCUT2D eigenvalue weighted by molar-refractivity contribution is -0.116. The number of hydrogen-bond acceptors (Lipinski definition) is 1. The number of carbonyl (C=O) groups excluding carboxylic acids is 1. The van der Waals surface area contributed by atoms with Crippen molar-refractivity contribution in [3.05, 3.63) is 24.8 Å². The second-order valence-corrected chi connectivity index (χ2v) is 6.43. The van der Waals surface area contributed by atoms with Crippen LogP contribution in [0.1, 0.15) is 96.8 Å². The van der Waals surface area contributed by atoms with Crippen molar-refractivity contribution in [2.45, 2.75) is 96.8 Å². The first-order valence-electron chi connectivity index (χ1n) is 9.86. The summed E-state index contributed by atoms with van der Waals surface area (Å²) in [6.45, 7) is 6.49. The number of nitrogens with one attached hydrogen (secondary N) is 1. The van der Waals surface area contributed by atoms with Crippen molar-refractivity contribution in [3.8, 4) is 0 Å². The molecule has 0 aliphatic heterocycles. The van der Waals surface area contributed by atoms with Crippen molar-refractivity contribution < 1.29 is 4.79 Å². The van der Waals surface area contributed by atoms with Crippen molar-refractivity contribution in [3.63, 3.8) is 0 Å². The smallest absolute Gasteiger partial charge is 0.243 e. The van der Waals surface area contributed by atoms with Gasteiger partial charge in [-0.3, -0.25) is 4.79 Å². The van der Waals surface area contributed by atoms with Crippen LogP contribution in [-0.4, -0.2) is 12.5 Å². The first kappa shape index (κ1) is 21.9. The largest absolute Gasteiger partial charge is 0.353 e. The Kier molecular flexibility index (Phi) is 18.1. The van der Waals surface area contributed by atoms with Gasteiger partial charge in [-0.2, -0.15) is 0 Å². The van der Waals surface area contributed by atoms with Crippen molar-refractivity contribution in [2.24, 2.45) is 0 Å². The zero-order valence-corrected chi connectivity index (χ0v) is 15.5. The molecule has 2 heteroatoms. The maximum absolute atomic E-state index is 10.9. The van der Waals surface area contributed by atoms with Crippen molar-refractivity contribution in [1.29, 1.82) is 0 Å². The molecule has 0 bridgehead atoms. The Labute approximate surface area is 144 Å². The minimum atomic E-state index is -0.0576. The van der Waals surface area contributed by atoms with Crippen LogP contribution >= 0.6 is 0 Å². The number of rotatable bonds is 17. The van der Waals surface area contributed by atoms with Crippen LogP contribution in [0.4, 0.5) is 0 Å². The van der Waals surface area contributed by atoms with E-state index in [0.29, 0.717) is 0 Å². The molecular formula is C21H39NO. The topological polar surface area (TPSA) is 29.1 Å². The maximum Gasteiger partial charge on any atom is 0.243 e.